The van der Waals surface area contributed by atoms with Gasteiger partial charge in [-0.25, -0.2) is 0 Å². The Morgan fingerprint density at radius 3 is 2.29 bits per heavy atom. The highest BCUT2D eigenvalue weighted by atomic mass is 14.6. The summed E-state index contributed by atoms with van der Waals surface area (Å²) >= 11 is 0. The molecule has 14 heavy (non-hydrogen) atoms. The van der Waals surface area contributed by atoms with Crippen LogP contribution in [0.2, 0.25) is 0 Å². The third-order valence-electron chi connectivity index (χ3n) is 2.26. The molecular formula is C13H17N. The summed E-state index contributed by atoms with van der Waals surface area (Å²) in [6.45, 7) is 7.91. The van der Waals surface area contributed by atoms with Crippen LogP contribution in [0.1, 0.15) is 25.8 Å². The number of allylic oxidation sites excluding steroid dienone is 2. The second-order valence-corrected chi connectivity index (χ2v) is 3.39. The molecule has 0 aliphatic rings. The van der Waals surface area contributed by atoms with Gasteiger partial charge in [-0.05, 0) is 30.1 Å². The number of nitrogens with two attached hydrogens (primary N) is 1. The van der Waals surface area contributed by atoms with Crippen LogP contribution >= 0.6 is 0 Å². The molecule has 0 amide bonds. The van der Waals surface area contributed by atoms with Crippen molar-refractivity contribution in [1.29, 1.82) is 0 Å². The van der Waals surface area contributed by atoms with Crippen LogP contribution in [0.25, 0.3) is 5.57 Å². The van der Waals surface area contributed by atoms with E-state index in [2.05, 4.69) is 25.6 Å². The van der Waals surface area contributed by atoms with Gasteiger partial charge in [0, 0.05) is 5.70 Å². The number of hydrogen-bond donors (Lipinski definition) is 1. The topological polar surface area (TPSA) is 26.0 Å². The van der Waals surface area contributed by atoms with Crippen molar-refractivity contribution in [3.8, 4) is 0 Å². The molecular weight excluding hydrogens is 170 g/mol. The Balaban J connectivity index is 3.17. The molecule has 0 heterocycles. The Morgan fingerprint density at radius 1 is 1.29 bits per heavy atom. The summed E-state index contributed by atoms with van der Waals surface area (Å²) in [5, 5.41) is 0. The molecule has 0 atom stereocenters. The zero-order valence-corrected chi connectivity index (χ0v) is 8.88. The van der Waals surface area contributed by atoms with E-state index >= 15 is 0 Å². The highest BCUT2D eigenvalue weighted by Gasteiger charge is 2.04. The van der Waals surface area contributed by atoms with Gasteiger partial charge in [0.15, 0.2) is 0 Å². The summed E-state index contributed by atoms with van der Waals surface area (Å²) in [6, 6.07) is 10.2. The lowest BCUT2D eigenvalue weighted by atomic mass is 9.99. The lowest BCUT2D eigenvalue weighted by Gasteiger charge is -2.10. The molecule has 0 bridgehead atoms. The lowest BCUT2D eigenvalue weighted by molar-refractivity contribution is 1.18. The van der Waals surface area contributed by atoms with E-state index in [1.165, 1.54) is 11.1 Å². The van der Waals surface area contributed by atoms with Gasteiger partial charge in [-0.1, -0.05) is 43.8 Å². The van der Waals surface area contributed by atoms with Crippen molar-refractivity contribution >= 4 is 5.57 Å². The molecule has 0 aliphatic heterocycles. The van der Waals surface area contributed by atoms with Gasteiger partial charge in [0.2, 0.25) is 0 Å². The van der Waals surface area contributed by atoms with Crippen LogP contribution in [-0.4, -0.2) is 0 Å². The summed E-state index contributed by atoms with van der Waals surface area (Å²) in [7, 11) is 0. The van der Waals surface area contributed by atoms with Crippen molar-refractivity contribution < 1.29 is 0 Å². The zero-order chi connectivity index (χ0) is 10.6. The van der Waals surface area contributed by atoms with Gasteiger partial charge in [-0.3, -0.25) is 0 Å². The quantitative estimate of drug-likeness (QED) is 0.721. The average Bonchev–Trinajstić information content (AvgIpc) is 2.20. The van der Waals surface area contributed by atoms with Crippen molar-refractivity contribution in [2.75, 3.05) is 0 Å². The van der Waals surface area contributed by atoms with E-state index in [0.717, 1.165) is 17.7 Å². The minimum absolute atomic E-state index is 0.818. The van der Waals surface area contributed by atoms with Crippen LogP contribution in [-0.2, 0) is 0 Å². The van der Waals surface area contributed by atoms with Gasteiger partial charge < -0.3 is 5.73 Å². The Bertz CT molecular complexity index is 347. The smallest absolute Gasteiger partial charge is 0.0376 e. The van der Waals surface area contributed by atoms with E-state index in [-0.39, 0.29) is 0 Å². The number of benzene rings is 1. The molecule has 1 aromatic carbocycles. The standard InChI is InChI=1S/C13H17N/c1-4-12(13(14)10(2)3)11-8-6-5-7-9-11/h5-9H,2,4,14H2,1,3H3/b13-12-. The second-order valence-electron chi connectivity index (χ2n) is 3.39. The maximum Gasteiger partial charge on any atom is 0.0376 e. The molecule has 1 aromatic rings. The lowest BCUT2D eigenvalue weighted by Crippen LogP contribution is -2.02. The molecule has 1 nitrogen and oxygen atoms in total. The first-order valence-corrected chi connectivity index (χ1v) is 4.86. The highest BCUT2D eigenvalue weighted by Crippen LogP contribution is 2.22. The van der Waals surface area contributed by atoms with Crippen molar-refractivity contribution in [2.45, 2.75) is 20.3 Å². The third kappa shape index (κ3) is 2.25. The van der Waals surface area contributed by atoms with Gasteiger partial charge in [-0.2, -0.15) is 0 Å². The third-order valence-corrected chi connectivity index (χ3v) is 2.26. The summed E-state index contributed by atoms with van der Waals surface area (Å²) in [5.74, 6) is 0. The van der Waals surface area contributed by atoms with Crippen molar-refractivity contribution in [3.63, 3.8) is 0 Å². The molecule has 0 saturated carbocycles. The Morgan fingerprint density at radius 2 is 1.86 bits per heavy atom. The molecule has 0 aromatic heterocycles. The first-order valence-electron chi connectivity index (χ1n) is 4.86. The summed E-state index contributed by atoms with van der Waals surface area (Å²) in [6.07, 6.45) is 0.933. The Kier molecular flexibility index (Phi) is 3.52. The fourth-order valence-electron chi connectivity index (χ4n) is 1.45. The first kappa shape index (κ1) is 10.6. The SMILES string of the molecule is C=C(C)/C(N)=C(\CC)c1ccccc1. The fourth-order valence-corrected chi connectivity index (χ4v) is 1.45. The summed E-state index contributed by atoms with van der Waals surface area (Å²) in [5.41, 5.74) is 10.1. The normalized spacial score (nSPS) is 12.1. The van der Waals surface area contributed by atoms with Crippen LogP contribution in [0.5, 0.6) is 0 Å². The molecule has 0 fully saturated rings. The minimum Gasteiger partial charge on any atom is -0.398 e. The zero-order valence-electron chi connectivity index (χ0n) is 8.88. The second kappa shape index (κ2) is 4.66. The number of hydrogen-bond acceptors (Lipinski definition) is 1. The summed E-state index contributed by atoms with van der Waals surface area (Å²) in [4.78, 5) is 0. The maximum absolute atomic E-state index is 5.98. The molecule has 0 radical (unpaired) electrons. The minimum atomic E-state index is 0.818. The van der Waals surface area contributed by atoms with E-state index in [9.17, 15) is 0 Å². The maximum atomic E-state index is 5.98. The van der Waals surface area contributed by atoms with E-state index < -0.39 is 0 Å². The molecule has 1 rings (SSSR count). The van der Waals surface area contributed by atoms with Gasteiger partial charge >= 0.3 is 0 Å². The average molecular weight is 187 g/mol. The van der Waals surface area contributed by atoms with Crippen LogP contribution in [0.15, 0.2) is 48.2 Å². The van der Waals surface area contributed by atoms with E-state index in [1.807, 2.05) is 25.1 Å². The molecule has 0 aliphatic carbocycles. The monoisotopic (exact) mass is 187 g/mol. The molecule has 0 saturated heterocycles. The van der Waals surface area contributed by atoms with Gasteiger partial charge in [-0.15, -0.1) is 0 Å². The fraction of sp³-hybridized carbons (Fsp3) is 0.231. The molecule has 1 heteroatoms. The summed E-state index contributed by atoms with van der Waals surface area (Å²) < 4.78 is 0. The highest BCUT2D eigenvalue weighted by molar-refractivity contribution is 5.70. The molecule has 74 valence electrons. The molecule has 0 unspecified atom stereocenters. The predicted molar refractivity (Wildman–Crippen MR) is 62.7 cm³/mol. The largest absolute Gasteiger partial charge is 0.398 e. The molecule has 2 N–H and O–H groups in total. The van der Waals surface area contributed by atoms with Crippen molar-refractivity contribution in [2.24, 2.45) is 5.73 Å². The Labute approximate surface area is 85.9 Å². The van der Waals surface area contributed by atoms with Gasteiger partial charge in [0.1, 0.15) is 0 Å². The van der Waals surface area contributed by atoms with Gasteiger partial charge in [0.05, 0.1) is 0 Å². The molecule has 0 spiro atoms. The number of rotatable bonds is 3. The van der Waals surface area contributed by atoms with Crippen LogP contribution in [0.3, 0.4) is 0 Å². The van der Waals surface area contributed by atoms with Gasteiger partial charge in [0.25, 0.3) is 0 Å². The van der Waals surface area contributed by atoms with Crippen molar-refractivity contribution in [3.05, 3.63) is 53.7 Å². The predicted octanol–water partition coefficient (Wildman–Crippen LogP) is 3.34. The van der Waals surface area contributed by atoms with Crippen LogP contribution < -0.4 is 5.73 Å². The Hall–Kier alpha value is -1.50. The van der Waals surface area contributed by atoms with Crippen LogP contribution in [0.4, 0.5) is 0 Å². The van der Waals surface area contributed by atoms with Crippen molar-refractivity contribution in [1.82, 2.24) is 0 Å². The van der Waals surface area contributed by atoms with E-state index in [4.69, 9.17) is 5.73 Å². The van der Waals surface area contributed by atoms with Crippen LogP contribution in [0, 0.1) is 0 Å². The first-order chi connectivity index (χ1) is 6.66. The van der Waals surface area contributed by atoms with E-state index in [0.29, 0.717) is 0 Å². The van der Waals surface area contributed by atoms with E-state index in [1.54, 1.807) is 0 Å².